The lowest BCUT2D eigenvalue weighted by Gasteiger charge is -2.17. The number of aryl methyl sites for hydroxylation is 3. The smallest absolute Gasteiger partial charge is 0.303 e. The molecule has 2 N–H and O–H groups in total. The largest absolute Gasteiger partial charge is 0.481 e. The Hall–Kier alpha value is -3.29. The first kappa shape index (κ1) is 21.0. The standard InChI is InChI=1S/C23H25FN4O3/c24-18-9-6-15(7-10-18)17(14-22(29)30)13-21-28-27-20(31-21)5-1-4-19-11-8-16-3-2-12-25-23(16)26-19/h6-11,17H,1-5,12-14H2,(H,25,26)(H,29,30). The molecular weight excluding hydrogens is 399 g/mol. The molecule has 1 unspecified atom stereocenters. The Bertz CT molecular complexity index is 1040. The maximum absolute atomic E-state index is 13.2. The Morgan fingerprint density at radius 2 is 1.94 bits per heavy atom. The summed E-state index contributed by atoms with van der Waals surface area (Å²) in [6.45, 7) is 0.967. The molecule has 0 amide bonds. The molecule has 0 fully saturated rings. The summed E-state index contributed by atoms with van der Waals surface area (Å²) in [5.74, 6) is 0.261. The van der Waals surface area contributed by atoms with Crippen molar-refractivity contribution in [3.63, 3.8) is 0 Å². The minimum atomic E-state index is -0.930. The van der Waals surface area contributed by atoms with Gasteiger partial charge in [0.25, 0.3) is 0 Å². The van der Waals surface area contributed by atoms with Gasteiger partial charge in [-0.2, -0.15) is 0 Å². The van der Waals surface area contributed by atoms with Gasteiger partial charge in [0, 0.05) is 31.0 Å². The molecule has 8 heteroatoms. The van der Waals surface area contributed by atoms with Crippen molar-refractivity contribution in [2.45, 2.75) is 50.9 Å². The number of anilines is 1. The Balaban J connectivity index is 1.33. The van der Waals surface area contributed by atoms with Gasteiger partial charge in [0.05, 0.1) is 6.42 Å². The van der Waals surface area contributed by atoms with E-state index < -0.39 is 5.97 Å². The number of hydrogen-bond donors (Lipinski definition) is 2. The number of aromatic nitrogens is 3. The van der Waals surface area contributed by atoms with Crippen LogP contribution in [0.5, 0.6) is 0 Å². The fraction of sp³-hybridized carbons (Fsp3) is 0.391. The van der Waals surface area contributed by atoms with E-state index in [1.165, 1.54) is 17.7 Å². The molecule has 7 nitrogen and oxygen atoms in total. The maximum atomic E-state index is 13.2. The van der Waals surface area contributed by atoms with Gasteiger partial charge in [-0.15, -0.1) is 10.2 Å². The van der Waals surface area contributed by atoms with Crippen molar-refractivity contribution >= 4 is 11.8 Å². The van der Waals surface area contributed by atoms with E-state index in [1.54, 1.807) is 12.1 Å². The normalized spacial score (nSPS) is 14.0. The van der Waals surface area contributed by atoms with Crippen molar-refractivity contribution in [2.75, 3.05) is 11.9 Å². The highest BCUT2D eigenvalue weighted by Crippen LogP contribution is 2.25. The minimum Gasteiger partial charge on any atom is -0.481 e. The molecule has 3 heterocycles. The Morgan fingerprint density at radius 3 is 2.74 bits per heavy atom. The quantitative estimate of drug-likeness (QED) is 0.536. The van der Waals surface area contributed by atoms with Crippen LogP contribution in [0, 0.1) is 5.82 Å². The van der Waals surface area contributed by atoms with E-state index >= 15 is 0 Å². The van der Waals surface area contributed by atoms with Gasteiger partial charge in [0.1, 0.15) is 11.6 Å². The average molecular weight is 424 g/mol. The van der Waals surface area contributed by atoms with Crippen LogP contribution in [0.3, 0.4) is 0 Å². The first-order chi connectivity index (χ1) is 15.1. The number of hydrogen-bond acceptors (Lipinski definition) is 6. The molecule has 4 rings (SSSR count). The Labute approximate surface area is 179 Å². The molecule has 0 spiro atoms. The van der Waals surface area contributed by atoms with Crippen molar-refractivity contribution in [2.24, 2.45) is 0 Å². The molecule has 31 heavy (non-hydrogen) atoms. The van der Waals surface area contributed by atoms with Crippen LogP contribution in [-0.2, 0) is 30.5 Å². The number of aliphatic carboxylic acids is 1. The zero-order valence-electron chi connectivity index (χ0n) is 17.2. The summed E-state index contributed by atoms with van der Waals surface area (Å²) >= 11 is 0. The van der Waals surface area contributed by atoms with E-state index in [0.29, 0.717) is 24.6 Å². The topological polar surface area (TPSA) is 101 Å². The van der Waals surface area contributed by atoms with Gasteiger partial charge in [0.2, 0.25) is 11.8 Å². The third-order valence-corrected chi connectivity index (χ3v) is 5.47. The van der Waals surface area contributed by atoms with Gasteiger partial charge in [-0.3, -0.25) is 4.79 Å². The minimum absolute atomic E-state index is 0.0959. The summed E-state index contributed by atoms with van der Waals surface area (Å²) in [6.07, 6.45) is 4.67. The van der Waals surface area contributed by atoms with Crippen molar-refractivity contribution in [3.8, 4) is 0 Å². The summed E-state index contributed by atoms with van der Waals surface area (Å²) in [5.41, 5.74) is 3.04. The molecule has 1 aliphatic heterocycles. The fourth-order valence-electron chi connectivity index (χ4n) is 3.87. The van der Waals surface area contributed by atoms with Crippen LogP contribution in [0.4, 0.5) is 10.2 Å². The first-order valence-corrected chi connectivity index (χ1v) is 10.6. The number of benzene rings is 1. The molecule has 0 radical (unpaired) electrons. The first-order valence-electron chi connectivity index (χ1n) is 10.6. The molecule has 2 aromatic heterocycles. The highest BCUT2D eigenvalue weighted by atomic mass is 19.1. The second-order valence-corrected chi connectivity index (χ2v) is 7.83. The lowest BCUT2D eigenvalue weighted by atomic mass is 9.92. The van der Waals surface area contributed by atoms with E-state index in [-0.39, 0.29) is 18.2 Å². The molecule has 0 aliphatic carbocycles. The number of pyridine rings is 1. The summed E-state index contributed by atoms with van der Waals surface area (Å²) in [6, 6.07) is 10.1. The number of fused-ring (bicyclic) bond motifs is 1. The number of halogens is 1. The van der Waals surface area contributed by atoms with E-state index in [4.69, 9.17) is 9.40 Å². The van der Waals surface area contributed by atoms with Crippen molar-refractivity contribution in [3.05, 3.63) is 70.8 Å². The van der Waals surface area contributed by atoms with Gasteiger partial charge in [0.15, 0.2) is 0 Å². The molecular formula is C23H25FN4O3. The molecule has 162 valence electrons. The van der Waals surface area contributed by atoms with Crippen LogP contribution >= 0.6 is 0 Å². The predicted molar refractivity (Wildman–Crippen MR) is 112 cm³/mol. The highest BCUT2D eigenvalue weighted by molar-refractivity contribution is 5.68. The van der Waals surface area contributed by atoms with Crippen LogP contribution < -0.4 is 5.32 Å². The Kier molecular flexibility index (Phi) is 6.54. The van der Waals surface area contributed by atoms with Gasteiger partial charge in [-0.05, 0) is 55.0 Å². The van der Waals surface area contributed by atoms with Gasteiger partial charge in [-0.25, -0.2) is 9.37 Å². The van der Waals surface area contributed by atoms with Crippen molar-refractivity contribution in [1.82, 2.24) is 15.2 Å². The molecule has 1 aliphatic rings. The molecule has 0 saturated carbocycles. The number of nitrogens with zero attached hydrogens (tertiary/aromatic N) is 3. The molecule has 0 saturated heterocycles. The molecule has 1 atom stereocenters. The van der Waals surface area contributed by atoms with Crippen molar-refractivity contribution in [1.29, 1.82) is 0 Å². The Morgan fingerprint density at radius 1 is 1.13 bits per heavy atom. The summed E-state index contributed by atoms with van der Waals surface area (Å²) in [5, 5.41) is 20.8. The van der Waals surface area contributed by atoms with Gasteiger partial charge in [-0.1, -0.05) is 18.2 Å². The van der Waals surface area contributed by atoms with Crippen molar-refractivity contribution < 1.29 is 18.7 Å². The number of carboxylic acid groups (broad SMARTS) is 1. The monoisotopic (exact) mass is 424 g/mol. The number of nitrogens with one attached hydrogen (secondary N) is 1. The van der Waals surface area contributed by atoms with Crippen LogP contribution in [0.2, 0.25) is 0 Å². The molecule has 0 bridgehead atoms. The predicted octanol–water partition coefficient (Wildman–Crippen LogP) is 3.94. The lowest BCUT2D eigenvalue weighted by Crippen LogP contribution is -2.14. The van der Waals surface area contributed by atoms with Crippen LogP contribution in [0.25, 0.3) is 0 Å². The number of carboxylic acids is 1. The highest BCUT2D eigenvalue weighted by Gasteiger charge is 2.20. The van der Waals surface area contributed by atoms with Crippen LogP contribution in [0.15, 0.2) is 40.8 Å². The van der Waals surface area contributed by atoms with E-state index in [9.17, 15) is 14.3 Å². The van der Waals surface area contributed by atoms with Crippen LogP contribution in [-0.4, -0.2) is 32.8 Å². The van der Waals surface area contributed by atoms with E-state index in [2.05, 4.69) is 27.6 Å². The summed E-state index contributed by atoms with van der Waals surface area (Å²) in [7, 11) is 0. The number of carbonyl (C=O) groups is 1. The zero-order chi connectivity index (χ0) is 21.6. The maximum Gasteiger partial charge on any atom is 0.303 e. The second kappa shape index (κ2) is 9.68. The third kappa shape index (κ3) is 5.65. The average Bonchev–Trinajstić information content (AvgIpc) is 3.20. The van der Waals surface area contributed by atoms with E-state index in [1.807, 2.05) is 0 Å². The summed E-state index contributed by atoms with van der Waals surface area (Å²) in [4.78, 5) is 16.0. The van der Waals surface area contributed by atoms with Gasteiger partial charge >= 0.3 is 5.97 Å². The SMILES string of the molecule is O=C(O)CC(Cc1nnc(CCCc2ccc3c(n2)NCCC3)o1)c1ccc(F)cc1. The lowest BCUT2D eigenvalue weighted by molar-refractivity contribution is -0.137. The summed E-state index contributed by atoms with van der Waals surface area (Å²) < 4.78 is 18.9. The van der Waals surface area contributed by atoms with Gasteiger partial charge < -0.3 is 14.8 Å². The fourth-order valence-corrected chi connectivity index (χ4v) is 3.87. The second-order valence-electron chi connectivity index (χ2n) is 7.83. The number of rotatable bonds is 9. The third-order valence-electron chi connectivity index (χ3n) is 5.47. The molecule has 1 aromatic carbocycles. The van der Waals surface area contributed by atoms with Crippen LogP contribution in [0.1, 0.15) is 53.8 Å². The zero-order valence-corrected chi connectivity index (χ0v) is 17.2. The van der Waals surface area contributed by atoms with E-state index in [0.717, 1.165) is 49.3 Å². The molecule has 3 aromatic rings.